The van der Waals surface area contributed by atoms with Crippen LogP contribution in [0, 0.1) is 17.8 Å². The Bertz CT molecular complexity index is 2460. The molecule has 3 fully saturated rings. The highest BCUT2D eigenvalue weighted by Crippen LogP contribution is 2.65. The molecule has 4 aliphatic rings. The molecule has 10 nitrogen and oxygen atoms in total. The second kappa shape index (κ2) is 18.6. The minimum Gasteiger partial charge on any atom is -0.491 e. The number of nitrogens with one attached hydrogen (secondary N) is 1. The number of morpholine rings is 1. The maximum Gasteiger partial charge on any atom is 0.324 e. The van der Waals surface area contributed by atoms with Crippen molar-refractivity contribution in [2.45, 2.75) is 68.3 Å². The van der Waals surface area contributed by atoms with Gasteiger partial charge in [-0.05, 0) is 78.0 Å². The lowest BCUT2D eigenvalue weighted by molar-refractivity contribution is -0.179. The van der Waals surface area contributed by atoms with Crippen molar-refractivity contribution in [2.24, 2.45) is 5.92 Å². The molecule has 0 unspecified atom stereocenters. The van der Waals surface area contributed by atoms with Crippen molar-refractivity contribution in [1.82, 2.24) is 14.7 Å². The Labute approximate surface area is 369 Å². The van der Waals surface area contributed by atoms with E-state index in [0.29, 0.717) is 42.2 Å². The molecule has 2 N–H and O–H groups in total. The molecule has 322 valence electrons. The zero-order valence-corrected chi connectivity index (χ0v) is 35.7. The minimum absolute atomic E-state index is 0.121. The standard InChI is InChI=1S/C53H54N4O6/c1-55(36-38-17-8-5-9-18-38)30-16-19-37-24-29-44-43(35-37)53(52(61)54-44)45(50(59)56-31-14-3-2-4-15-32-56)47-51(60)63-48(40-22-12-7-13-23-40)46(39-20-10-6-11-21-39)57(47)49(53)41-25-27-42(28-26-41)62-34-33-58/h5-13,17-18,20-29,35,45-49,58H,2-4,14-15,30-34,36H2,1H3,(H,54,61)/t45-,46-,47-,48+,49+,53-/m1/s1. The molecule has 6 atom stereocenters. The van der Waals surface area contributed by atoms with E-state index < -0.39 is 41.5 Å². The van der Waals surface area contributed by atoms with E-state index in [1.165, 1.54) is 5.56 Å². The number of ether oxygens (including phenoxy) is 2. The number of aliphatic hydroxyl groups is 1. The summed E-state index contributed by atoms with van der Waals surface area (Å²) in [4.78, 5) is 52.9. The summed E-state index contributed by atoms with van der Waals surface area (Å²) < 4.78 is 12.5. The number of amides is 2. The number of anilines is 1. The van der Waals surface area contributed by atoms with E-state index in [1.807, 2.05) is 133 Å². The lowest BCUT2D eigenvalue weighted by Crippen LogP contribution is -2.55. The van der Waals surface area contributed by atoms with Crippen LogP contribution in [0.15, 0.2) is 133 Å². The molecule has 63 heavy (non-hydrogen) atoms. The highest BCUT2D eigenvalue weighted by atomic mass is 16.6. The van der Waals surface area contributed by atoms with Crippen LogP contribution in [-0.4, -0.2) is 83.5 Å². The van der Waals surface area contributed by atoms with Crippen LogP contribution in [0.3, 0.4) is 0 Å². The number of carbonyl (C=O) groups is 3. The van der Waals surface area contributed by atoms with Gasteiger partial charge in [-0.3, -0.25) is 24.2 Å². The van der Waals surface area contributed by atoms with E-state index in [1.54, 1.807) is 0 Å². The van der Waals surface area contributed by atoms with Crippen molar-refractivity contribution in [1.29, 1.82) is 0 Å². The minimum atomic E-state index is -1.59. The third-order valence-electron chi connectivity index (χ3n) is 13.2. The summed E-state index contributed by atoms with van der Waals surface area (Å²) in [7, 11) is 2.04. The zero-order valence-electron chi connectivity index (χ0n) is 35.7. The molecule has 9 rings (SSSR count). The predicted octanol–water partition coefficient (Wildman–Crippen LogP) is 7.60. The van der Waals surface area contributed by atoms with Gasteiger partial charge in [0.1, 0.15) is 29.9 Å². The lowest BCUT2D eigenvalue weighted by atomic mass is 9.65. The van der Waals surface area contributed by atoms with Crippen molar-refractivity contribution in [3.8, 4) is 17.6 Å². The van der Waals surface area contributed by atoms with Gasteiger partial charge in [0.25, 0.3) is 0 Å². The zero-order chi connectivity index (χ0) is 43.3. The molecule has 5 aromatic rings. The van der Waals surface area contributed by atoms with Crippen molar-refractivity contribution in [2.75, 3.05) is 45.2 Å². The molecule has 0 saturated carbocycles. The Balaban J connectivity index is 1.25. The molecular weight excluding hydrogens is 789 g/mol. The van der Waals surface area contributed by atoms with Crippen LogP contribution in [0.1, 0.15) is 83.7 Å². The molecule has 0 aliphatic carbocycles. The van der Waals surface area contributed by atoms with Crippen molar-refractivity contribution < 1.29 is 29.0 Å². The van der Waals surface area contributed by atoms with Crippen LogP contribution in [0.2, 0.25) is 0 Å². The molecule has 2 amide bonds. The normalized spacial score (nSPS) is 24.4. The Morgan fingerprint density at radius 2 is 1.46 bits per heavy atom. The molecule has 10 heteroatoms. The Hall–Kier alpha value is -6.25. The molecule has 5 aromatic carbocycles. The second-order valence-electron chi connectivity index (χ2n) is 17.2. The van der Waals surface area contributed by atoms with E-state index in [0.717, 1.165) is 55.3 Å². The first-order valence-electron chi connectivity index (χ1n) is 22.3. The summed E-state index contributed by atoms with van der Waals surface area (Å²) in [6.07, 6.45) is 4.05. The molecule has 3 saturated heterocycles. The van der Waals surface area contributed by atoms with E-state index in [-0.39, 0.29) is 25.0 Å². The van der Waals surface area contributed by atoms with Crippen LogP contribution in [0.25, 0.3) is 0 Å². The molecular formula is C53H54N4O6. The van der Waals surface area contributed by atoms with Crippen LogP contribution in [-0.2, 0) is 31.1 Å². The third-order valence-corrected chi connectivity index (χ3v) is 13.2. The maximum atomic E-state index is 15.8. The van der Waals surface area contributed by atoms with Gasteiger partial charge in [-0.15, -0.1) is 0 Å². The SMILES string of the molecule is CN(CC#Cc1ccc2c(c1)[C@]1(C(=O)N2)[C@H](c2ccc(OCCO)cc2)N2[C@H](c3ccccc3)[C@H](c3ccccc3)OC(=O)[C@H]2[C@@H]1C(=O)N1CCCCCCC1)Cc1ccccc1. The number of aliphatic hydroxyl groups excluding tert-OH is 1. The number of likely N-dealkylation sites (tertiary alicyclic amines) is 1. The van der Waals surface area contributed by atoms with Crippen LogP contribution in [0.5, 0.6) is 5.75 Å². The van der Waals surface area contributed by atoms with Gasteiger partial charge in [0.05, 0.1) is 31.2 Å². The fraction of sp³-hybridized carbons (Fsp3) is 0.340. The predicted molar refractivity (Wildman–Crippen MR) is 241 cm³/mol. The largest absolute Gasteiger partial charge is 0.491 e. The van der Waals surface area contributed by atoms with Crippen LogP contribution < -0.4 is 10.1 Å². The number of esters is 1. The molecule has 4 heterocycles. The average molecular weight is 843 g/mol. The summed E-state index contributed by atoms with van der Waals surface area (Å²) in [5, 5.41) is 12.8. The quantitative estimate of drug-likeness (QED) is 0.109. The van der Waals surface area contributed by atoms with Gasteiger partial charge in [0.2, 0.25) is 11.8 Å². The summed E-state index contributed by atoms with van der Waals surface area (Å²) in [5.41, 5.74) is 3.98. The van der Waals surface area contributed by atoms with Crippen LogP contribution in [0.4, 0.5) is 5.69 Å². The number of carbonyl (C=O) groups excluding carboxylic acids is 3. The molecule has 1 spiro atoms. The summed E-state index contributed by atoms with van der Waals surface area (Å²) in [5.74, 6) is 5.04. The van der Waals surface area contributed by atoms with E-state index in [9.17, 15) is 5.11 Å². The van der Waals surface area contributed by atoms with Gasteiger partial charge in [-0.25, -0.2) is 0 Å². The Morgan fingerprint density at radius 3 is 2.14 bits per heavy atom. The number of nitrogens with zero attached hydrogens (tertiary/aromatic N) is 3. The van der Waals surface area contributed by atoms with Crippen LogP contribution >= 0.6 is 0 Å². The summed E-state index contributed by atoms with van der Waals surface area (Å²) >= 11 is 0. The number of cyclic esters (lactones) is 1. The number of hydrogen-bond acceptors (Lipinski definition) is 8. The van der Waals surface area contributed by atoms with E-state index in [2.05, 4.69) is 39.1 Å². The van der Waals surface area contributed by atoms with Gasteiger partial charge in [-0.2, -0.15) is 0 Å². The van der Waals surface area contributed by atoms with Gasteiger partial charge < -0.3 is 24.8 Å². The number of fused-ring (bicyclic) bond motifs is 3. The van der Waals surface area contributed by atoms with Crippen molar-refractivity contribution in [3.05, 3.63) is 167 Å². The monoisotopic (exact) mass is 842 g/mol. The van der Waals surface area contributed by atoms with Gasteiger partial charge in [0, 0.05) is 30.9 Å². The summed E-state index contributed by atoms with van der Waals surface area (Å²) in [6, 6.07) is 40.7. The highest BCUT2D eigenvalue weighted by molar-refractivity contribution is 6.12. The van der Waals surface area contributed by atoms with Gasteiger partial charge in [-0.1, -0.05) is 134 Å². The molecule has 0 bridgehead atoms. The second-order valence-corrected chi connectivity index (χ2v) is 17.2. The Morgan fingerprint density at radius 1 is 0.810 bits per heavy atom. The van der Waals surface area contributed by atoms with Crippen molar-refractivity contribution >= 4 is 23.5 Å². The van der Waals surface area contributed by atoms with E-state index in [4.69, 9.17) is 9.47 Å². The maximum absolute atomic E-state index is 15.8. The fourth-order valence-electron chi connectivity index (χ4n) is 10.5. The van der Waals surface area contributed by atoms with Crippen molar-refractivity contribution in [3.63, 3.8) is 0 Å². The first kappa shape index (κ1) is 42.1. The van der Waals surface area contributed by atoms with E-state index >= 15 is 14.4 Å². The molecule has 0 radical (unpaired) electrons. The highest BCUT2D eigenvalue weighted by Gasteiger charge is 2.74. The third kappa shape index (κ3) is 8.13. The van der Waals surface area contributed by atoms with Gasteiger partial charge in [0.15, 0.2) is 0 Å². The fourth-order valence-corrected chi connectivity index (χ4v) is 10.5. The number of rotatable bonds is 10. The first-order chi connectivity index (χ1) is 30.9. The number of hydrogen-bond donors (Lipinski definition) is 2. The topological polar surface area (TPSA) is 112 Å². The first-order valence-corrected chi connectivity index (χ1v) is 22.3. The smallest absolute Gasteiger partial charge is 0.324 e. The van der Waals surface area contributed by atoms with Gasteiger partial charge >= 0.3 is 5.97 Å². The summed E-state index contributed by atoms with van der Waals surface area (Å²) in [6.45, 7) is 2.32. The molecule has 4 aliphatic heterocycles. The number of benzene rings is 5. The Kier molecular flexibility index (Phi) is 12.4. The molecule has 0 aromatic heterocycles. The lowest BCUT2D eigenvalue weighted by Gasteiger charge is -2.46. The average Bonchev–Trinajstić information content (AvgIpc) is 3.77.